The van der Waals surface area contributed by atoms with Crippen LogP contribution in [0.15, 0.2) is 60.3 Å². The van der Waals surface area contributed by atoms with Crippen molar-refractivity contribution in [3.05, 3.63) is 60.3 Å². The molecule has 0 bridgehead atoms. The Bertz CT molecular complexity index is 932. The largest absolute Gasteiger partial charge is 0.462 e. The zero-order valence-corrected chi connectivity index (χ0v) is 13.6. The van der Waals surface area contributed by atoms with Crippen molar-refractivity contribution in [1.82, 2.24) is 9.97 Å². The number of carbonyl (C=O) groups excluding carboxylic acids is 1. The maximum Gasteiger partial charge on any atom is 0.350 e. The molecular formula is C19H16N4O2. The van der Waals surface area contributed by atoms with E-state index in [0.717, 1.165) is 28.1 Å². The van der Waals surface area contributed by atoms with Gasteiger partial charge < -0.3 is 15.0 Å². The zero-order valence-electron chi connectivity index (χ0n) is 13.6. The molecule has 2 N–H and O–H groups in total. The van der Waals surface area contributed by atoms with Crippen LogP contribution in [0.25, 0.3) is 22.4 Å². The Balaban J connectivity index is 1.76. The maximum atomic E-state index is 11.6. The number of ether oxygens (including phenoxy) is 1. The molecule has 0 saturated carbocycles. The molecule has 1 aromatic heterocycles. The number of aromatic amines is 1. The number of fused-ring (bicyclic) bond motifs is 1. The number of rotatable bonds is 5. The van der Waals surface area contributed by atoms with Crippen molar-refractivity contribution in [2.24, 2.45) is 0 Å². The first-order chi connectivity index (χ1) is 12.2. The number of esters is 1. The Kier molecular flexibility index (Phi) is 4.77. The Morgan fingerprint density at radius 1 is 1.28 bits per heavy atom. The van der Waals surface area contributed by atoms with Crippen LogP contribution >= 0.6 is 0 Å². The Labute approximate surface area is 144 Å². The predicted molar refractivity (Wildman–Crippen MR) is 95.5 cm³/mol. The summed E-state index contributed by atoms with van der Waals surface area (Å²) in [5, 5.41) is 11.9. The van der Waals surface area contributed by atoms with Crippen molar-refractivity contribution in [2.75, 3.05) is 11.9 Å². The van der Waals surface area contributed by atoms with Gasteiger partial charge >= 0.3 is 5.97 Å². The number of imidazole rings is 1. The zero-order chi connectivity index (χ0) is 17.6. The van der Waals surface area contributed by atoms with E-state index in [0.29, 0.717) is 0 Å². The molecule has 25 heavy (non-hydrogen) atoms. The average molecular weight is 332 g/mol. The van der Waals surface area contributed by atoms with Crippen LogP contribution in [0.5, 0.6) is 0 Å². The number of hydrogen-bond donors (Lipinski definition) is 2. The molecular weight excluding hydrogens is 316 g/mol. The second-order valence-corrected chi connectivity index (χ2v) is 5.21. The minimum absolute atomic E-state index is 0.0804. The number of nitrogens with one attached hydrogen (secondary N) is 2. The minimum Gasteiger partial charge on any atom is -0.462 e. The second kappa shape index (κ2) is 7.32. The number of para-hydroxylation sites is 2. The van der Waals surface area contributed by atoms with Crippen molar-refractivity contribution < 1.29 is 9.53 Å². The molecule has 1 heterocycles. The highest BCUT2D eigenvalue weighted by Gasteiger charge is 2.09. The first kappa shape index (κ1) is 16.3. The smallest absolute Gasteiger partial charge is 0.350 e. The van der Waals surface area contributed by atoms with Gasteiger partial charge in [-0.1, -0.05) is 12.1 Å². The standard InChI is InChI=1S/C19H16N4O2/c1-2-25-19(24)14(11-20)12-21-15-9-7-13(8-10-15)18-22-16-5-3-4-6-17(16)23-18/h3-10,12,21H,2H2,1H3,(H,22,23)/b14-12+. The van der Waals surface area contributed by atoms with Gasteiger partial charge in [-0.3, -0.25) is 0 Å². The lowest BCUT2D eigenvalue weighted by Crippen LogP contribution is -2.07. The summed E-state index contributed by atoms with van der Waals surface area (Å²) in [5.74, 6) is 0.143. The molecule has 0 amide bonds. The summed E-state index contributed by atoms with van der Waals surface area (Å²) in [6, 6.07) is 17.2. The van der Waals surface area contributed by atoms with Crippen LogP contribution in [-0.4, -0.2) is 22.5 Å². The van der Waals surface area contributed by atoms with Crippen molar-refractivity contribution in [3.8, 4) is 17.5 Å². The van der Waals surface area contributed by atoms with Gasteiger partial charge in [0.25, 0.3) is 0 Å². The number of aromatic nitrogens is 2. The molecule has 0 radical (unpaired) electrons. The lowest BCUT2D eigenvalue weighted by molar-refractivity contribution is -0.138. The summed E-state index contributed by atoms with van der Waals surface area (Å²) in [6.45, 7) is 1.92. The molecule has 3 aromatic rings. The van der Waals surface area contributed by atoms with E-state index in [9.17, 15) is 4.79 Å². The highest BCUT2D eigenvalue weighted by atomic mass is 16.5. The van der Waals surface area contributed by atoms with E-state index in [1.54, 1.807) is 6.92 Å². The van der Waals surface area contributed by atoms with Gasteiger partial charge in [0.1, 0.15) is 11.9 Å². The van der Waals surface area contributed by atoms with E-state index in [-0.39, 0.29) is 12.2 Å². The number of nitriles is 1. The van der Waals surface area contributed by atoms with Crippen LogP contribution in [0.4, 0.5) is 5.69 Å². The third-order valence-corrected chi connectivity index (χ3v) is 3.55. The summed E-state index contributed by atoms with van der Waals surface area (Å²) < 4.78 is 4.81. The summed E-state index contributed by atoms with van der Waals surface area (Å²) in [7, 11) is 0. The summed E-state index contributed by atoms with van der Waals surface area (Å²) in [6.07, 6.45) is 1.34. The number of anilines is 1. The Hall–Kier alpha value is -3.59. The van der Waals surface area contributed by atoms with Crippen LogP contribution in [0.1, 0.15) is 6.92 Å². The fourth-order valence-electron chi connectivity index (χ4n) is 2.32. The molecule has 0 aliphatic carbocycles. The summed E-state index contributed by atoms with van der Waals surface area (Å²) >= 11 is 0. The molecule has 0 spiro atoms. The van der Waals surface area contributed by atoms with Crippen LogP contribution < -0.4 is 5.32 Å². The van der Waals surface area contributed by atoms with Gasteiger partial charge in [-0.05, 0) is 43.3 Å². The van der Waals surface area contributed by atoms with Crippen molar-refractivity contribution in [3.63, 3.8) is 0 Å². The number of carbonyl (C=O) groups is 1. The van der Waals surface area contributed by atoms with Gasteiger partial charge in [0.05, 0.1) is 17.6 Å². The van der Waals surface area contributed by atoms with Crippen LogP contribution in [0.2, 0.25) is 0 Å². The second-order valence-electron chi connectivity index (χ2n) is 5.21. The minimum atomic E-state index is -0.642. The van der Waals surface area contributed by atoms with Gasteiger partial charge in [-0.15, -0.1) is 0 Å². The predicted octanol–water partition coefficient (Wildman–Crippen LogP) is 3.61. The van der Waals surface area contributed by atoms with Crippen molar-refractivity contribution in [2.45, 2.75) is 6.92 Å². The van der Waals surface area contributed by atoms with Crippen LogP contribution in [0.3, 0.4) is 0 Å². The topological polar surface area (TPSA) is 90.8 Å². The summed E-state index contributed by atoms with van der Waals surface area (Å²) in [4.78, 5) is 19.4. The molecule has 0 aliphatic rings. The first-order valence-electron chi connectivity index (χ1n) is 7.80. The normalized spacial score (nSPS) is 11.1. The van der Waals surface area contributed by atoms with E-state index < -0.39 is 5.97 Å². The molecule has 2 aromatic carbocycles. The van der Waals surface area contributed by atoms with Gasteiger partial charge in [-0.2, -0.15) is 5.26 Å². The molecule has 3 rings (SSSR count). The van der Waals surface area contributed by atoms with E-state index in [2.05, 4.69) is 15.3 Å². The maximum absolute atomic E-state index is 11.6. The lowest BCUT2D eigenvalue weighted by atomic mass is 10.2. The highest BCUT2D eigenvalue weighted by Crippen LogP contribution is 2.22. The van der Waals surface area contributed by atoms with E-state index in [1.165, 1.54) is 6.20 Å². The van der Waals surface area contributed by atoms with Gasteiger partial charge in [0.2, 0.25) is 0 Å². The number of H-pyrrole nitrogens is 1. The SMILES string of the molecule is CCOC(=O)/C(C#N)=C/Nc1ccc(-c2nc3ccccc3[nH]2)cc1. The molecule has 124 valence electrons. The molecule has 0 atom stereocenters. The fraction of sp³-hybridized carbons (Fsp3) is 0.105. The highest BCUT2D eigenvalue weighted by molar-refractivity contribution is 5.93. The Morgan fingerprint density at radius 3 is 2.72 bits per heavy atom. The van der Waals surface area contributed by atoms with Crippen molar-refractivity contribution >= 4 is 22.7 Å². The van der Waals surface area contributed by atoms with Gasteiger partial charge in [0.15, 0.2) is 5.57 Å². The van der Waals surface area contributed by atoms with E-state index >= 15 is 0 Å². The number of benzene rings is 2. The molecule has 6 heteroatoms. The quantitative estimate of drug-likeness (QED) is 0.423. The first-order valence-corrected chi connectivity index (χ1v) is 7.80. The molecule has 0 aliphatic heterocycles. The molecule has 6 nitrogen and oxygen atoms in total. The number of nitrogens with zero attached hydrogens (tertiary/aromatic N) is 2. The van der Waals surface area contributed by atoms with Crippen LogP contribution in [0, 0.1) is 11.3 Å². The van der Waals surface area contributed by atoms with Gasteiger partial charge in [-0.25, -0.2) is 9.78 Å². The molecule has 0 unspecified atom stereocenters. The van der Waals surface area contributed by atoms with Crippen molar-refractivity contribution in [1.29, 1.82) is 5.26 Å². The van der Waals surface area contributed by atoms with Gasteiger partial charge in [0, 0.05) is 17.5 Å². The Morgan fingerprint density at radius 2 is 2.04 bits per heavy atom. The number of hydrogen-bond acceptors (Lipinski definition) is 5. The fourth-order valence-corrected chi connectivity index (χ4v) is 2.32. The van der Waals surface area contributed by atoms with E-state index in [4.69, 9.17) is 10.00 Å². The summed E-state index contributed by atoms with van der Waals surface area (Å²) in [5.41, 5.74) is 3.50. The monoisotopic (exact) mass is 332 g/mol. The van der Waals surface area contributed by atoms with E-state index in [1.807, 2.05) is 54.6 Å². The molecule has 0 saturated heterocycles. The third-order valence-electron chi connectivity index (χ3n) is 3.55. The van der Waals surface area contributed by atoms with Crippen LogP contribution in [-0.2, 0) is 9.53 Å². The average Bonchev–Trinajstić information content (AvgIpc) is 3.07. The lowest BCUT2D eigenvalue weighted by Gasteiger charge is -2.04. The molecule has 0 fully saturated rings. The third kappa shape index (κ3) is 3.67.